The van der Waals surface area contributed by atoms with Crippen LogP contribution in [0.15, 0.2) is 47.5 Å². The van der Waals surface area contributed by atoms with Gasteiger partial charge in [0.2, 0.25) is 5.91 Å². The Balaban J connectivity index is 1.84. The Kier molecular flexibility index (Phi) is 6.40. The Morgan fingerprint density at radius 1 is 1.20 bits per heavy atom. The van der Waals surface area contributed by atoms with Gasteiger partial charge in [-0.1, -0.05) is 32.0 Å². The molecule has 30 heavy (non-hydrogen) atoms. The third kappa shape index (κ3) is 4.96. The molecule has 0 spiro atoms. The van der Waals surface area contributed by atoms with Gasteiger partial charge in [0.05, 0.1) is 24.8 Å². The van der Waals surface area contributed by atoms with Crippen molar-refractivity contribution in [2.24, 2.45) is 10.9 Å². The number of methoxy groups -OCH3 is 1. The standard InChI is InChI=1S/C25H30N2O3/c1-6-16(2)24(29)26-19-9-7-8-17(12-19)23(28)14-22-21-13-20(30-5)11-10-18(21)15-25(3,4)27-22/h7-13,16H,6,14-15H2,1-5H3,(H,26,29). The van der Waals surface area contributed by atoms with E-state index in [2.05, 4.69) is 25.2 Å². The summed E-state index contributed by atoms with van der Waals surface area (Å²) in [6.45, 7) is 8.02. The number of anilines is 1. The van der Waals surface area contributed by atoms with Crippen molar-refractivity contribution >= 4 is 23.1 Å². The molecule has 0 aliphatic carbocycles. The second-order valence-electron chi connectivity index (χ2n) is 8.55. The fraction of sp³-hybridized carbons (Fsp3) is 0.400. The molecule has 1 aliphatic rings. The summed E-state index contributed by atoms with van der Waals surface area (Å²) in [5.41, 5.74) is 3.87. The minimum absolute atomic E-state index is 0.0279. The number of fused-ring (bicyclic) bond motifs is 1. The first-order valence-corrected chi connectivity index (χ1v) is 10.4. The summed E-state index contributed by atoms with van der Waals surface area (Å²) in [4.78, 5) is 30.1. The van der Waals surface area contributed by atoms with Crippen molar-refractivity contribution in [3.8, 4) is 5.75 Å². The average Bonchev–Trinajstić information content (AvgIpc) is 2.72. The molecule has 3 rings (SSSR count). The van der Waals surface area contributed by atoms with Crippen molar-refractivity contribution in [1.82, 2.24) is 0 Å². The molecule has 0 fully saturated rings. The lowest BCUT2D eigenvalue weighted by Crippen LogP contribution is -2.30. The average molecular weight is 407 g/mol. The second-order valence-corrected chi connectivity index (χ2v) is 8.55. The largest absolute Gasteiger partial charge is 0.497 e. The van der Waals surface area contributed by atoms with Crippen LogP contribution < -0.4 is 10.1 Å². The highest BCUT2D eigenvalue weighted by atomic mass is 16.5. The molecule has 1 aliphatic heterocycles. The molecule has 2 aromatic rings. The van der Waals surface area contributed by atoms with E-state index in [0.29, 0.717) is 11.3 Å². The number of rotatable bonds is 7. The number of carbonyl (C=O) groups excluding carboxylic acids is 2. The molecular weight excluding hydrogens is 376 g/mol. The first-order chi connectivity index (χ1) is 14.2. The maximum atomic E-state index is 13.1. The monoisotopic (exact) mass is 406 g/mol. The van der Waals surface area contributed by atoms with E-state index < -0.39 is 0 Å². The number of carbonyl (C=O) groups is 2. The van der Waals surface area contributed by atoms with Gasteiger partial charge in [-0.3, -0.25) is 14.6 Å². The quantitative estimate of drug-likeness (QED) is 0.652. The molecule has 5 nitrogen and oxygen atoms in total. The molecule has 0 aromatic heterocycles. The molecule has 158 valence electrons. The predicted molar refractivity (Wildman–Crippen MR) is 121 cm³/mol. The number of nitrogens with zero attached hydrogens (tertiary/aromatic N) is 1. The molecule has 1 atom stereocenters. The molecule has 0 saturated carbocycles. The van der Waals surface area contributed by atoms with E-state index in [1.165, 1.54) is 5.56 Å². The third-order valence-corrected chi connectivity index (χ3v) is 5.53. The summed E-state index contributed by atoms with van der Waals surface area (Å²) in [6.07, 6.45) is 1.79. The zero-order valence-corrected chi connectivity index (χ0v) is 18.4. The number of aliphatic imine (C=N–C) groups is 1. The van der Waals surface area contributed by atoms with Gasteiger partial charge in [0.1, 0.15) is 5.75 Å². The lowest BCUT2D eigenvalue weighted by molar-refractivity contribution is -0.119. The minimum atomic E-state index is -0.261. The van der Waals surface area contributed by atoms with Crippen molar-refractivity contribution in [2.75, 3.05) is 12.4 Å². The number of ketones is 1. The molecule has 0 radical (unpaired) electrons. The van der Waals surface area contributed by atoms with Crippen LogP contribution in [0.2, 0.25) is 0 Å². The van der Waals surface area contributed by atoms with E-state index >= 15 is 0 Å². The predicted octanol–water partition coefficient (Wildman–Crippen LogP) is 5.08. The van der Waals surface area contributed by atoms with Gasteiger partial charge in [-0.05, 0) is 56.5 Å². The van der Waals surface area contributed by atoms with Crippen molar-refractivity contribution in [3.63, 3.8) is 0 Å². The number of hydrogen-bond acceptors (Lipinski definition) is 4. The Morgan fingerprint density at radius 3 is 2.67 bits per heavy atom. The highest BCUT2D eigenvalue weighted by Crippen LogP contribution is 2.31. The lowest BCUT2D eigenvalue weighted by atomic mass is 9.85. The number of nitrogens with one attached hydrogen (secondary N) is 1. The van der Waals surface area contributed by atoms with Gasteiger partial charge in [-0.15, -0.1) is 0 Å². The summed E-state index contributed by atoms with van der Waals surface area (Å²) in [5, 5.41) is 2.90. The van der Waals surface area contributed by atoms with Crippen LogP contribution in [0.25, 0.3) is 0 Å². The first-order valence-electron chi connectivity index (χ1n) is 10.4. The molecule has 0 saturated heterocycles. The van der Waals surface area contributed by atoms with Gasteiger partial charge >= 0.3 is 0 Å². The van der Waals surface area contributed by atoms with E-state index in [0.717, 1.165) is 29.9 Å². The summed E-state index contributed by atoms with van der Waals surface area (Å²) in [7, 11) is 1.63. The van der Waals surface area contributed by atoms with Crippen molar-refractivity contribution in [3.05, 3.63) is 59.2 Å². The van der Waals surface area contributed by atoms with Crippen molar-refractivity contribution in [1.29, 1.82) is 0 Å². The number of hydrogen-bond donors (Lipinski definition) is 1. The molecule has 1 unspecified atom stereocenters. The van der Waals surface area contributed by atoms with Crippen LogP contribution in [0, 0.1) is 5.92 Å². The van der Waals surface area contributed by atoms with E-state index in [1.54, 1.807) is 31.4 Å². The topological polar surface area (TPSA) is 67.8 Å². The summed E-state index contributed by atoms with van der Waals surface area (Å²) < 4.78 is 5.37. The molecule has 1 amide bonds. The maximum absolute atomic E-state index is 13.1. The normalized spacial score (nSPS) is 15.6. The van der Waals surface area contributed by atoms with Crippen molar-refractivity contribution in [2.45, 2.75) is 52.5 Å². The SMILES string of the molecule is CCC(C)C(=O)Nc1cccc(C(=O)CC2=NC(C)(C)Cc3ccc(OC)cc32)c1. The van der Waals surface area contributed by atoms with Crippen molar-refractivity contribution < 1.29 is 14.3 Å². The van der Waals surface area contributed by atoms with Crippen LogP contribution in [0.1, 0.15) is 62.0 Å². The number of Topliss-reactive ketones (excluding diaryl/α,β-unsaturated/α-hetero) is 1. The number of amides is 1. The maximum Gasteiger partial charge on any atom is 0.227 e. The number of benzene rings is 2. The van der Waals surface area contributed by atoms with Crippen LogP contribution in [0.3, 0.4) is 0 Å². The Bertz CT molecular complexity index is 992. The van der Waals surface area contributed by atoms with Crippen LogP contribution in [0.5, 0.6) is 5.75 Å². The van der Waals surface area contributed by atoms with Crippen LogP contribution >= 0.6 is 0 Å². The first kappa shape index (κ1) is 21.8. The Hall–Kier alpha value is -2.95. The van der Waals surface area contributed by atoms with Gasteiger partial charge in [0, 0.05) is 22.7 Å². The van der Waals surface area contributed by atoms with E-state index in [-0.39, 0.29) is 29.6 Å². The minimum Gasteiger partial charge on any atom is -0.497 e. The summed E-state index contributed by atoms with van der Waals surface area (Å²) in [6, 6.07) is 13.1. The third-order valence-electron chi connectivity index (χ3n) is 5.53. The summed E-state index contributed by atoms with van der Waals surface area (Å²) in [5.74, 6) is 0.611. The lowest BCUT2D eigenvalue weighted by Gasteiger charge is -2.29. The highest BCUT2D eigenvalue weighted by Gasteiger charge is 2.28. The molecule has 5 heteroatoms. The Morgan fingerprint density at radius 2 is 1.97 bits per heavy atom. The zero-order chi connectivity index (χ0) is 21.9. The molecule has 1 heterocycles. The smallest absolute Gasteiger partial charge is 0.227 e. The van der Waals surface area contributed by atoms with Gasteiger partial charge in [0.25, 0.3) is 0 Å². The van der Waals surface area contributed by atoms with E-state index in [1.807, 2.05) is 26.0 Å². The Labute approximate surface area is 178 Å². The fourth-order valence-corrected chi connectivity index (χ4v) is 3.65. The van der Waals surface area contributed by atoms with E-state index in [4.69, 9.17) is 9.73 Å². The van der Waals surface area contributed by atoms with Gasteiger partial charge in [0.15, 0.2) is 5.78 Å². The number of ether oxygens (including phenoxy) is 1. The second kappa shape index (κ2) is 8.82. The van der Waals surface area contributed by atoms with Gasteiger partial charge in [-0.25, -0.2) is 0 Å². The van der Waals surface area contributed by atoms with Gasteiger partial charge < -0.3 is 10.1 Å². The molecular formula is C25H30N2O3. The van der Waals surface area contributed by atoms with Crippen LogP contribution in [-0.4, -0.2) is 30.1 Å². The zero-order valence-electron chi connectivity index (χ0n) is 18.4. The van der Waals surface area contributed by atoms with E-state index in [9.17, 15) is 9.59 Å². The van der Waals surface area contributed by atoms with Crippen LogP contribution in [-0.2, 0) is 11.2 Å². The highest BCUT2D eigenvalue weighted by molar-refractivity contribution is 6.17. The summed E-state index contributed by atoms with van der Waals surface area (Å²) >= 11 is 0. The fourth-order valence-electron chi connectivity index (χ4n) is 3.65. The molecule has 1 N–H and O–H groups in total. The van der Waals surface area contributed by atoms with Gasteiger partial charge in [-0.2, -0.15) is 0 Å². The molecule has 2 aromatic carbocycles. The van der Waals surface area contributed by atoms with Crippen LogP contribution in [0.4, 0.5) is 5.69 Å². The molecule has 0 bridgehead atoms.